The topological polar surface area (TPSA) is 127 Å². The zero-order valence-electron chi connectivity index (χ0n) is 36.1. The van der Waals surface area contributed by atoms with E-state index in [2.05, 4.69) is 84.9 Å². The van der Waals surface area contributed by atoms with Gasteiger partial charge < -0.3 is 34.3 Å². The van der Waals surface area contributed by atoms with Crippen molar-refractivity contribution in [3.8, 4) is 17.2 Å². The van der Waals surface area contributed by atoms with Gasteiger partial charge in [0.15, 0.2) is 0 Å². The SMILES string of the molecule is CC(C)(C)OC(=O)CC[C@@H](C(N)=O)N1Cc2cc(OCCCOCCCOc3ccc([C@H]4c5ccc(OCc6ccccc6)cc5CC[C@H]4c4ccccc4)cc3)ccc2C1=O. The normalized spacial score (nSPS) is 16.2. The number of carbonyl (C=O) groups is 3. The lowest BCUT2D eigenvalue weighted by atomic mass is 9.69. The number of nitrogens with two attached hydrogens (primary N) is 1. The highest BCUT2D eigenvalue weighted by Gasteiger charge is 2.36. The fourth-order valence-corrected chi connectivity index (χ4v) is 8.43. The van der Waals surface area contributed by atoms with Gasteiger partial charge in [0.25, 0.3) is 5.91 Å². The maximum absolute atomic E-state index is 13.2. The molecule has 0 saturated heterocycles. The van der Waals surface area contributed by atoms with Crippen molar-refractivity contribution in [2.75, 3.05) is 26.4 Å². The molecule has 1 heterocycles. The first kappa shape index (κ1) is 43.9. The number of primary amides is 1. The van der Waals surface area contributed by atoms with Crippen molar-refractivity contribution in [1.29, 1.82) is 0 Å². The van der Waals surface area contributed by atoms with Crippen LogP contribution in [0, 0.1) is 0 Å². The molecule has 0 unspecified atom stereocenters. The van der Waals surface area contributed by atoms with Gasteiger partial charge in [0, 0.05) is 50.5 Å². The Morgan fingerprint density at radius 3 is 2.05 bits per heavy atom. The minimum absolute atomic E-state index is 0.0240. The molecule has 2 amide bonds. The van der Waals surface area contributed by atoms with E-state index in [0.29, 0.717) is 56.7 Å². The number of ether oxygens (including phenoxy) is 5. The van der Waals surface area contributed by atoms with Crippen LogP contribution in [0.4, 0.5) is 0 Å². The average molecular weight is 839 g/mol. The van der Waals surface area contributed by atoms with E-state index in [1.165, 1.54) is 27.2 Å². The van der Waals surface area contributed by atoms with Crippen molar-refractivity contribution in [1.82, 2.24) is 4.90 Å². The Morgan fingerprint density at radius 2 is 1.35 bits per heavy atom. The molecule has 0 saturated carbocycles. The second-order valence-corrected chi connectivity index (χ2v) is 17.0. The molecule has 5 aromatic carbocycles. The lowest BCUT2D eigenvalue weighted by Gasteiger charge is -2.35. The predicted octanol–water partition coefficient (Wildman–Crippen LogP) is 9.31. The van der Waals surface area contributed by atoms with Crippen LogP contribution in [-0.2, 0) is 38.6 Å². The molecule has 2 N–H and O–H groups in total. The van der Waals surface area contributed by atoms with Gasteiger partial charge in [0.2, 0.25) is 5.91 Å². The third-order valence-corrected chi connectivity index (χ3v) is 11.4. The number of rotatable bonds is 20. The minimum Gasteiger partial charge on any atom is -0.494 e. The molecular weight excluding hydrogens is 781 g/mol. The summed E-state index contributed by atoms with van der Waals surface area (Å²) in [6.07, 6.45) is 3.57. The number of amides is 2. The van der Waals surface area contributed by atoms with Crippen LogP contribution in [-0.4, -0.2) is 60.8 Å². The molecule has 7 rings (SSSR count). The quantitative estimate of drug-likeness (QED) is 0.0608. The summed E-state index contributed by atoms with van der Waals surface area (Å²) in [4.78, 5) is 39.2. The Bertz CT molecular complexity index is 2270. The summed E-state index contributed by atoms with van der Waals surface area (Å²) in [6, 6.07) is 40.7. The smallest absolute Gasteiger partial charge is 0.306 e. The number of nitrogens with zero attached hydrogens (tertiary/aromatic N) is 1. The van der Waals surface area contributed by atoms with Crippen LogP contribution < -0.4 is 19.9 Å². The Kier molecular flexibility index (Phi) is 14.6. The van der Waals surface area contributed by atoms with Crippen LogP contribution in [0.15, 0.2) is 121 Å². The van der Waals surface area contributed by atoms with E-state index in [9.17, 15) is 14.4 Å². The number of esters is 1. The zero-order chi connectivity index (χ0) is 43.5. The summed E-state index contributed by atoms with van der Waals surface area (Å²) in [5, 5.41) is 0. The van der Waals surface area contributed by atoms with Crippen LogP contribution in [0.25, 0.3) is 0 Å². The molecule has 0 radical (unpaired) electrons. The van der Waals surface area contributed by atoms with Crippen LogP contribution in [0.5, 0.6) is 17.2 Å². The van der Waals surface area contributed by atoms with Gasteiger partial charge in [0.05, 0.1) is 13.2 Å². The number of benzene rings is 5. The van der Waals surface area contributed by atoms with E-state index < -0.39 is 23.5 Å². The maximum atomic E-state index is 13.2. The number of hydrogen-bond donors (Lipinski definition) is 1. The molecule has 5 aromatic rings. The molecule has 2 aliphatic rings. The first-order chi connectivity index (χ1) is 30.0. The summed E-state index contributed by atoms with van der Waals surface area (Å²) in [5.74, 6) is 1.56. The standard InChI is InChI=1S/C52H58N2O8/c1-52(2,3)62-48(55)27-26-47(50(53)56)54-34-40-33-42(22-25-46(40)51(54)57)60-31-11-29-58-28-10-30-59-41-19-16-38(17-20-41)49-44(37-14-8-5-9-15-37)23-18-39-32-43(21-24-45(39)49)61-35-36-12-6-4-7-13-36/h4-9,12-17,19-22,24-25,32-33,44,47,49H,10-11,18,23,26-31,34-35H2,1-3H3,(H2,53,56)/t44-,47-,49+/m0/s1. The minimum atomic E-state index is -0.921. The van der Waals surface area contributed by atoms with Crippen LogP contribution in [0.3, 0.4) is 0 Å². The summed E-state index contributed by atoms with van der Waals surface area (Å²) in [7, 11) is 0. The van der Waals surface area contributed by atoms with Gasteiger partial charge in [-0.15, -0.1) is 0 Å². The molecule has 1 aliphatic heterocycles. The van der Waals surface area contributed by atoms with E-state index in [1.54, 1.807) is 32.9 Å². The van der Waals surface area contributed by atoms with Gasteiger partial charge in [-0.3, -0.25) is 14.4 Å². The molecule has 1 aliphatic carbocycles. The van der Waals surface area contributed by atoms with E-state index in [1.807, 2.05) is 24.3 Å². The first-order valence-corrected chi connectivity index (χ1v) is 21.8. The molecule has 0 spiro atoms. The summed E-state index contributed by atoms with van der Waals surface area (Å²) < 4.78 is 29.5. The van der Waals surface area contributed by atoms with Crippen molar-refractivity contribution in [2.45, 2.75) is 95.9 Å². The summed E-state index contributed by atoms with van der Waals surface area (Å²) in [5.41, 5.74) is 12.8. The monoisotopic (exact) mass is 838 g/mol. The van der Waals surface area contributed by atoms with Crippen LogP contribution in [0.2, 0.25) is 0 Å². The molecule has 0 bridgehead atoms. The van der Waals surface area contributed by atoms with E-state index in [0.717, 1.165) is 41.9 Å². The van der Waals surface area contributed by atoms with Gasteiger partial charge in [-0.25, -0.2) is 0 Å². The largest absolute Gasteiger partial charge is 0.494 e. The number of fused-ring (bicyclic) bond motifs is 2. The fraction of sp³-hybridized carbons (Fsp3) is 0.365. The molecule has 10 nitrogen and oxygen atoms in total. The highest BCUT2D eigenvalue weighted by molar-refractivity contribution is 6.01. The van der Waals surface area contributed by atoms with E-state index >= 15 is 0 Å². The van der Waals surface area contributed by atoms with Crippen LogP contribution in [0.1, 0.15) is 108 Å². The Labute approximate surface area is 365 Å². The van der Waals surface area contributed by atoms with Crippen LogP contribution >= 0.6 is 0 Å². The number of hydrogen-bond acceptors (Lipinski definition) is 8. The van der Waals surface area contributed by atoms with Crippen molar-refractivity contribution in [3.63, 3.8) is 0 Å². The van der Waals surface area contributed by atoms with Crippen molar-refractivity contribution in [3.05, 3.63) is 160 Å². The number of carbonyl (C=O) groups excluding carboxylic acids is 3. The third-order valence-electron chi connectivity index (χ3n) is 11.4. The van der Waals surface area contributed by atoms with Gasteiger partial charge in [-0.1, -0.05) is 78.9 Å². The third kappa shape index (κ3) is 11.6. The Hall–Kier alpha value is -6.13. The molecule has 10 heteroatoms. The lowest BCUT2D eigenvalue weighted by Crippen LogP contribution is -2.45. The predicted molar refractivity (Wildman–Crippen MR) is 238 cm³/mol. The van der Waals surface area contributed by atoms with Gasteiger partial charge in [-0.2, -0.15) is 0 Å². The maximum Gasteiger partial charge on any atom is 0.306 e. The van der Waals surface area contributed by atoms with Gasteiger partial charge in [0.1, 0.15) is 35.5 Å². The second-order valence-electron chi connectivity index (χ2n) is 17.0. The zero-order valence-corrected chi connectivity index (χ0v) is 36.1. The summed E-state index contributed by atoms with van der Waals surface area (Å²) in [6.45, 7) is 8.18. The first-order valence-electron chi connectivity index (χ1n) is 21.8. The van der Waals surface area contributed by atoms with E-state index in [4.69, 9.17) is 29.4 Å². The lowest BCUT2D eigenvalue weighted by molar-refractivity contribution is -0.155. The van der Waals surface area contributed by atoms with Gasteiger partial charge in [-0.05, 0) is 122 Å². The second kappa shape index (κ2) is 20.6. The fourth-order valence-electron chi connectivity index (χ4n) is 8.43. The Balaban J connectivity index is 0.837. The van der Waals surface area contributed by atoms with E-state index in [-0.39, 0.29) is 31.2 Å². The molecule has 3 atom stereocenters. The molecular formula is C52H58N2O8. The number of aryl methyl sites for hydroxylation is 1. The van der Waals surface area contributed by atoms with Gasteiger partial charge >= 0.3 is 5.97 Å². The Morgan fingerprint density at radius 1 is 0.726 bits per heavy atom. The molecule has 324 valence electrons. The summed E-state index contributed by atoms with van der Waals surface area (Å²) >= 11 is 0. The molecule has 0 aromatic heterocycles. The van der Waals surface area contributed by atoms with Crippen molar-refractivity contribution in [2.24, 2.45) is 5.73 Å². The average Bonchev–Trinajstić information content (AvgIpc) is 3.59. The highest BCUT2D eigenvalue weighted by atomic mass is 16.6. The highest BCUT2D eigenvalue weighted by Crippen LogP contribution is 2.47. The molecule has 0 fully saturated rings. The molecule has 62 heavy (non-hydrogen) atoms. The van der Waals surface area contributed by atoms with Crippen molar-refractivity contribution >= 4 is 17.8 Å². The van der Waals surface area contributed by atoms with Crippen molar-refractivity contribution < 1.29 is 38.1 Å².